The van der Waals surface area contributed by atoms with Gasteiger partial charge in [-0.2, -0.15) is 0 Å². The minimum Gasteiger partial charge on any atom is -0.345 e. The molecule has 1 aliphatic heterocycles. The van der Waals surface area contributed by atoms with E-state index in [1.54, 1.807) is 36.4 Å². The number of carbonyl (C=O) groups excluding carboxylic acids is 2. The number of carbonyl (C=O) groups is 2. The van der Waals surface area contributed by atoms with E-state index in [9.17, 15) is 14.0 Å². The van der Waals surface area contributed by atoms with Gasteiger partial charge in [0.15, 0.2) is 0 Å². The number of nitrogens with zero attached hydrogens (tertiary/aromatic N) is 2. The Bertz CT molecular complexity index is 756. The van der Waals surface area contributed by atoms with Crippen molar-refractivity contribution in [1.29, 1.82) is 0 Å². The van der Waals surface area contributed by atoms with E-state index in [0.29, 0.717) is 25.9 Å². The van der Waals surface area contributed by atoms with Gasteiger partial charge in [-0.05, 0) is 48.2 Å². The molecular weight excluding hydrogens is 333 g/mol. The van der Waals surface area contributed by atoms with Crippen molar-refractivity contribution in [1.82, 2.24) is 15.2 Å². The van der Waals surface area contributed by atoms with E-state index in [1.165, 1.54) is 12.1 Å². The molecule has 2 heterocycles. The van der Waals surface area contributed by atoms with Crippen molar-refractivity contribution < 1.29 is 14.0 Å². The topological polar surface area (TPSA) is 62.3 Å². The third-order valence-corrected chi connectivity index (χ3v) is 4.84. The first-order valence-electron chi connectivity index (χ1n) is 8.76. The van der Waals surface area contributed by atoms with E-state index in [0.717, 1.165) is 11.1 Å². The number of amides is 2. The number of rotatable bonds is 4. The van der Waals surface area contributed by atoms with Gasteiger partial charge in [-0.1, -0.05) is 12.1 Å². The van der Waals surface area contributed by atoms with Gasteiger partial charge in [-0.15, -0.1) is 0 Å². The standard InChI is InChI=1S/C20H22FN3O2/c1-14(25)24-12-8-17(9-13-24)20(26)23-19(16-6-10-22-11-7-16)15-2-4-18(21)5-3-15/h2-7,10-11,17,19H,8-9,12-13H2,1H3,(H,23,26)/t19-/m1/s1. The monoisotopic (exact) mass is 355 g/mol. The molecule has 1 saturated heterocycles. The Balaban J connectivity index is 1.75. The number of likely N-dealkylation sites (tertiary alicyclic amines) is 1. The Morgan fingerprint density at radius 2 is 1.65 bits per heavy atom. The predicted molar refractivity (Wildman–Crippen MR) is 95.6 cm³/mol. The average molecular weight is 355 g/mol. The van der Waals surface area contributed by atoms with Gasteiger partial charge < -0.3 is 10.2 Å². The minimum absolute atomic E-state index is 0.0423. The molecule has 1 fully saturated rings. The van der Waals surface area contributed by atoms with Crippen LogP contribution in [0.15, 0.2) is 48.8 Å². The molecule has 0 aliphatic carbocycles. The SMILES string of the molecule is CC(=O)N1CCC(C(=O)N[C@@H](c2ccncc2)c2ccc(F)cc2)CC1. The van der Waals surface area contributed by atoms with Crippen LogP contribution in [0.4, 0.5) is 4.39 Å². The number of nitrogens with one attached hydrogen (secondary N) is 1. The highest BCUT2D eigenvalue weighted by Crippen LogP contribution is 2.24. The van der Waals surface area contributed by atoms with Crippen molar-refractivity contribution in [2.45, 2.75) is 25.8 Å². The van der Waals surface area contributed by atoms with E-state index in [-0.39, 0.29) is 29.6 Å². The molecule has 1 aromatic heterocycles. The van der Waals surface area contributed by atoms with Gasteiger partial charge in [-0.25, -0.2) is 4.39 Å². The second-order valence-electron chi connectivity index (χ2n) is 6.55. The molecule has 6 heteroatoms. The maximum Gasteiger partial charge on any atom is 0.223 e. The molecule has 1 aromatic carbocycles. The van der Waals surface area contributed by atoms with Gasteiger partial charge in [0.25, 0.3) is 0 Å². The molecule has 3 rings (SSSR count). The summed E-state index contributed by atoms with van der Waals surface area (Å²) in [6, 6.07) is 9.45. The lowest BCUT2D eigenvalue weighted by Crippen LogP contribution is -2.43. The zero-order valence-corrected chi connectivity index (χ0v) is 14.7. The number of hydrogen-bond donors (Lipinski definition) is 1. The molecule has 0 unspecified atom stereocenters. The van der Waals surface area contributed by atoms with Crippen molar-refractivity contribution in [3.05, 3.63) is 65.7 Å². The highest BCUT2D eigenvalue weighted by molar-refractivity contribution is 5.80. The van der Waals surface area contributed by atoms with Gasteiger partial charge in [-0.3, -0.25) is 14.6 Å². The first kappa shape index (κ1) is 18.0. The summed E-state index contributed by atoms with van der Waals surface area (Å²) < 4.78 is 13.3. The highest BCUT2D eigenvalue weighted by atomic mass is 19.1. The van der Waals surface area contributed by atoms with E-state index in [2.05, 4.69) is 10.3 Å². The van der Waals surface area contributed by atoms with Crippen LogP contribution in [0.5, 0.6) is 0 Å². The lowest BCUT2D eigenvalue weighted by molar-refractivity contribution is -0.134. The van der Waals surface area contributed by atoms with Crippen LogP contribution in [-0.2, 0) is 9.59 Å². The second-order valence-corrected chi connectivity index (χ2v) is 6.55. The first-order valence-corrected chi connectivity index (χ1v) is 8.76. The minimum atomic E-state index is -0.364. The van der Waals surface area contributed by atoms with E-state index >= 15 is 0 Å². The Kier molecular flexibility index (Phi) is 5.61. The molecule has 5 nitrogen and oxygen atoms in total. The molecule has 136 valence electrons. The number of pyridine rings is 1. The maximum atomic E-state index is 13.3. The van der Waals surface area contributed by atoms with Crippen molar-refractivity contribution in [3.63, 3.8) is 0 Å². The fraction of sp³-hybridized carbons (Fsp3) is 0.350. The van der Waals surface area contributed by atoms with Crippen LogP contribution in [0.3, 0.4) is 0 Å². The fourth-order valence-corrected chi connectivity index (χ4v) is 3.29. The summed E-state index contributed by atoms with van der Waals surface area (Å²) in [6.45, 7) is 2.75. The molecule has 0 saturated carbocycles. The summed E-state index contributed by atoms with van der Waals surface area (Å²) in [6.07, 6.45) is 4.64. The summed E-state index contributed by atoms with van der Waals surface area (Å²) in [7, 11) is 0. The Labute approximate surface area is 152 Å². The van der Waals surface area contributed by atoms with Crippen LogP contribution < -0.4 is 5.32 Å². The Morgan fingerprint density at radius 1 is 1.08 bits per heavy atom. The largest absolute Gasteiger partial charge is 0.345 e. The normalized spacial score (nSPS) is 16.2. The van der Waals surface area contributed by atoms with Crippen LogP contribution >= 0.6 is 0 Å². The molecule has 1 aliphatic rings. The van der Waals surface area contributed by atoms with Crippen LogP contribution in [0, 0.1) is 11.7 Å². The van der Waals surface area contributed by atoms with Crippen LogP contribution in [-0.4, -0.2) is 34.8 Å². The molecule has 0 radical (unpaired) electrons. The average Bonchev–Trinajstić information content (AvgIpc) is 2.67. The summed E-state index contributed by atoms with van der Waals surface area (Å²) in [5.41, 5.74) is 1.70. The molecule has 0 bridgehead atoms. The molecule has 1 N–H and O–H groups in total. The quantitative estimate of drug-likeness (QED) is 0.917. The second kappa shape index (κ2) is 8.08. The molecule has 2 aromatic rings. The van der Waals surface area contributed by atoms with Gasteiger partial charge >= 0.3 is 0 Å². The van der Waals surface area contributed by atoms with Gasteiger partial charge in [0.1, 0.15) is 5.82 Å². The Hall–Kier alpha value is -2.76. The van der Waals surface area contributed by atoms with Crippen molar-refractivity contribution in [3.8, 4) is 0 Å². The van der Waals surface area contributed by atoms with Gasteiger partial charge in [0.2, 0.25) is 11.8 Å². The van der Waals surface area contributed by atoms with Crippen LogP contribution in [0.2, 0.25) is 0 Å². The van der Waals surface area contributed by atoms with Crippen molar-refractivity contribution in [2.24, 2.45) is 5.92 Å². The third-order valence-electron chi connectivity index (χ3n) is 4.84. The molecule has 1 atom stereocenters. The summed E-state index contributed by atoms with van der Waals surface area (Å²) in [4.78, 5) is 30.0. The molecule has 2 amide bonds. The third kappa shape index (κ3) is 4.25. The first-order chi connectivity index (χ1) is 12.5. The number of halogens is 1. The molecule has 0 spiro atoms. The molecular formula is C20H22FN3O2. The predicted octanol–water partition coefficient (Wildman–Crippen LogP) is 2.68. The zero-order chi connectivity index (χ0) is 18.5. The van der Waals surface area contributed by atoms with Crippen molar-refractivity contribution >= 4 is 11.8 Å². The smallest absolute Gasteiger partial charge is 0.223 e. The number of aromatic nitrogens is 1. The number of hydrogen-bond acceptors (Lipinski definition) is 3. The zero-order valence-electron chi connectivity index (χ0n) is 14.7. The van der Waals surface area contributed by atoms with Crippen LogP contribution in [0.1, 0.15) is 36.9 Å². The molecule has 26 heavy (non-hydrogen) atoms. The van der Waals surface area contributed by atoms with Crippen molar-refractivity contribution in [2.75, 3.05) is 13.1 Å². The lowest BCUT2D eigenvalue weighted by atomic mass is 9.93. The van der Waals surface area contributed by atoms with E-state index in [1.807, 2.05) is 12.1 Å². The Morgan fingerprint density at radius 3 is 2.23 bits per heavy atom. The van der Waals surface area contributed by atoms with Gasteiger partial charge in [0, 0.05) is 38.3 Å². The highest BCUT2D eigenvalue weighted by Gasteiger charge is 2.28. The summed E-state index contributed by atoms with van der Waals surface area (Å²) >= 11 is 0. The summed E-state index contributed by atoms with van der Waals surface area (Å²) in [5, 5.41) is 3.09. The van der Waals surface area contributed by atoms with E-state index in [4.69, 9.17) is 0 Å². The van der Waals surface area contributed by atoms with Crippen LogP contribution in [0.25, 0.3) is 0 Å². The lowest BCUT2D eigenvalue weighted by Gasteiger charge is -2.31. The number of piperidine rings is 1. The van der Waals surface area contributed by atoms with E-state index < -0.39 is 0 Å². The maximum absolute atomic E-state index is 13.3. The van der Waals surface area contributed by atoms with Gasteiger partial charge in [0.05, 0.1) is 6.04 Å². The summed E-state index contributed by atoms with van der Waals surface area (Å²) in [5.74, 6) is -0.440. The number of benzene rings is 1. The fourth-order valence-electron chi connectivity index (χ4n) is 3.29.